The van der Waals surface area contributed by atoms with Crippen molar-refractivity contribution in [3.63, 3.8) is 0 Å². The van der Waals surface area contributed by atoms with E-state index in [1.54, 1.807) is 18.2 Å². The third kappa shape index (κ3) is 2.20. The standard InChI is InChI=1S/C18H11NO3/c20-18-15(19-17(22-18)16-6-3-9-21-16)11-12-7-8-13-4-1-2-5-14(13)10-12/h1-11H/b15-11-. The van der Waals surface area contributed by atoms with Crippen molar-refractivity contribution in [3.8, 4) is 0 Å². The van der Waals surface area contributed by atoms with E-state index in [0.29, 0.717) is 5.76 Å². The predicted octanol–water partition coefficient (Wildman–Crippen LogP) is 3.78. The van der Waals surface area contributed by atoms with Crippen molar-refractivity contribution >= 4 is 28.7 Å². The molecule has 22 heavy (non-hydrogen) atoms. The molecule has 0 spiro atoms. The van der Waals surface area contributed by atoms with E-state index < -0.39 is 5.97 Å². The van der Waals surface area contributed by atoms with Crippen LogP contribution in [0.5, 0.6) is 0 Å². The molecule has 1 aliphatic rings. The van der Waals surface area contributed by atoms with Crippen LogP contribution in [0.1, 0.15) is 11.3 Å². The fraction of sp³-hybridized carbons (Fsp3) is 0. The number of benzene rings is 2. The first-order valence-corrected chi connectivity index (χ1v) is 6.85. The minimum absolute atomic E-state index is 0.196. The number of carbonyl (C=O) groups excluding carboxylic acids is 1. The molecule has 0 saturated heterocycles. The zero-order chi connectivity index (χ0) is 14.9. The Morgan fingerprint density at radius 2 is 1.82 bits per heavy atom. The summed E-state index contributed by atoms with van der Waals surface area (Å²) in [6.45, 7) is 0. The maximum atomic E-state index is 11.9. The molecule has 0 unspecified atom stereocenters. The number of hydrogen-bond acceptors (Lipinski definition) is 4. The number of nitrogens with zero attached hydrogens (tertiary/aromatic N) is 1. The lowest BCUT2D eigenvalue weighted by atomic mass is 10.1. The van der Waals surface area contributed by atoms with E-state index in [-0.39, 0.29) is 11.6 Å². The summed E-state index contributed by atoms with van der Waals surface area (Å²) in [6.07, 6.45) is 3.22. The Hall–Kier alpha value is -3.14. The average Bonchev–Trinajstić information content (AvgIpc) is 3.18. The van der Waals surface area contributed by atoms with Crippen LogP contribution < -0.4 is 0 Å². The molecule has 0 bridgehead atoms. The fourth-order valence-corrected chi connectivity index (χ4v) is 2.37. The Kier molecular flexibility index (Phi) is 2.86. The molecule has 0 N–H and O–H groups in total. The lowest BCUT2D eigenvalue weighted by Gasteiger charge is -1.99. The van der Waals surface area contributed by atoms with Crippen molar-refractivity contribution in [1.82, 2.24) is 0 Å². The third-order valence-electron chi connectivity index (χ3n) is 3.43. The molecule has 0 amide bonds. The highest BCUT2D eigenvalue weighted by Crippen LogP contribution is 2.21. The van der Waals surface area contributed by atoms with E-state index in [2.05, 4.69) is 4.99 Å². The zero-order valence-electron chi connectivity index (χ0n) is 11.5. The van der Waals surface area contributed by atoms with Gasteiger partial charge in [-0.2, -0.15) is 0 Å². The van der Waals surface area contributed by atoms with Crippen LogP contribution in [0.25, 0.3) is 16.8 Å². The summed E-state index contributed by atoms with van der Waals surface area (Å²) >= 11 is 0. The third-order valence-corrected chi connectivity index (χ3v) is 3.43. The van der Waals surface area contributed by atoms with Crippen LogP contribution in [0, 0.1) is 0 Å². The summed E-state index contributed by atoms with van der Waals surface area (Å²) in [4.78, 5) is 16.1. The van der Waals surface area contributed by atoms with E-state index in [4.69, 9.17) is 9.15 Å². The number of fused-ring (bicyclic) bond motifs is 1. The maximum absolute atomic E-state index is 11.9. The van der Waals surface area contributed by atoms with Crippen LogP contribution in [0.2, 0.25) is 0 Å². The van der Waals surface area contributed by atoms with E-state index in [0.717, 1.165) is 16.3 Å². The van der Waals surface area contributed by atoms with Gasteiger partial charge in [0.2, 0.25) is 0 Å². The summed E-state index contributed by atoms with van der Waals surface area (Å²) in [5.41, 5.74) is 1.16. The second kappa shape index (κ2) is 5.00. The van der Waals surface area contributed by atoms with Gasteiger partial charge in [0.15, 0.2) is 11.5 Å². The highest BCUT2D eigenvalue weighted by atomic mass is 16.6. The molecule has 3 aromatic rings. The quantitative estimate of drug-likeness (QED) is 0.533. The van der Waals surface area contributed by atoms with Gasteiger partial charge < -0.3 is 9.15 Å². The normalized spacial score (nSPS) is 16.1. The number of hydrogen-bond donors (Lipinski definition) is 0. The second-order valence-electron chi connectivity index (χ2n) is 4.92. The van der Waals surface area contributed by atoms with Crippen molar-refractivity contribution in [2.75, 3.05) is 0 Å². The van der Waals surface area contributed by atoms with Crippen molar-refractivity contribution in [2.45, 2.75) is 0 Å². The molecule has 2 heterocycles. The van der Waals surface area contributed by atoms with E-state index in [1.165, 1.54) is 6.26 Å². The Balaban J connectivity index is 1.73. The van der Waals surface area contributed by atoms with Crippen LogP contribution in [-0.2, 0) is 9.53 Å². The SMILES string of the molecule is O=C1OC(c2ccco2)=N/C1=C\c1ccc2ccccc2c1. The molecule has 4 heteroatoms. The second-order valence-corrected chi connectivity index (χ2v) is 4.92. The number of furan rings is 1. The van der Waals surface area contributed by atoms with Gasteiger partial charge in [0.25, 0.3) is 5.90 Å². The van der Waals surface area contributed by atoms with Gasteiger partial charge in [-0.1, -0.05) is 36.4 Å². The Morgan fingerprint density at radius 3 is 2.64 bits per heavy atom. The van der Waals surface area contributed by atoms with Gasteiger partial charge >= 0.3 is 5.97 Å². The smallest absolute Gasteiger partial charge is 0.363 e. The molecule has 4 nitrogen and oxygen atoms in total. The lowest BCUT2D eigenvalue weighted by Crippen LogP contribution is -2.04. The number of carbonyl (C=O) groups is 1. The van der Waals surface area contributed by atoms with Gasteiger partial charge in [-0.15, -0.1) is 0 Å². The van der Waals surface area contributed by atoms with Crippen LogP contribution in [0.15, 0.2) is 76.0 Å². The average molecular weight is 289 g/mol. The molecule has 0 atom stereocenters. The molecule has 0 radical (unpaired) electrons. The number of rotatable bonds is 2. The van der Waals surface area contributed by atoms with Crippen LogP contribution >= 0.6 is 0 Å². The minimum Gasteiger partial charge on any atom is -0.459 e. The number of ether oxygens (including phenoxy) is 1. The molecule has 0 aliphatic carbocycles. The number of aliphatic imine (C=N–C) groups is 1. The van der Waals surface area contributed by atoms with E-state index in [1.807, 2.05) is 42.5 Å². The van der Waals surface area contributed by atoms with Crippen LogP contribution in [-0.4, -0.2) is 11.9 Å². The highest BCUT2D eigenvalue weighted by molar-refractivity contribution is 6.12. The van der Waals surface area contributed by atoms with Crippen molar-refractivity contribution in [3.05, 3.63) is 77.9 Å². The Morgan fingerprint density at radius 1 is 0.955 bits per heavy atom. The summed E-state index contributed by atoms with van der Waals surface area (Å²) in [6, 6.07) is 17.4. The first-order chi connectivity index (χ1) is 10.8. The van der Waals surface area contributed by atoms with Gasteiger partial charge in [0.05, 0.1) is 6.26 Å². The monoisotopic (exact) mass is 289 g/mol. The molecule has 1 aromatic heterocycles. The molecule has 0 saturated carbocycles. The predicted molar refractivity (Wildman–Crippen MR) is 83.3 cm³/mol. The zero-order valence-corrected chi connectivity index (χ0v) is 11.5. The number of cyclic esters (lactones) is 1. The molecule has 1 aliphatic heterocycles. The first-order valence-electron chi connectivity index (χ1n) is 6.85. The largest absolute Gasteiger partial charge is 0.459 e. The summed E-state index contributed by atoms with van der Waals surface area (Å²) in [7, 11) is 0. The number of esters is 1. The Labute approximate surface area is 126 Å². The van der Waals surface area contributed by atoms with Crippen molar-refractivity contribution in [2.24, 2.45) is 4.99 Å². The van der Waals surface area contributed by atoms with Crippen molar-refractivity contribution < 1.29 is 13.9 Å². The summed E-state index contributed by atoms with van der Waals surface area (Å²) in [5, 5.41) is 2.26. The molecule has 2 aromatic carbocycles. The lowest BCUT2D eigenvalue weighted by molar-refractivity contribution is -0.130. The van der Waals surface area contributed by atoms with Gasteiger partial charge in [-0.3, -0.25) is 0 Å². The molecule has 4 rings (SSSR count). The molecule has 0 fully saturated rings. The first kappa shape index (κ1) is 12.6. The Bertz CT molecular complexity index is 920. The van der Waals surface area contributed by atoms with Crippen molar-refractivity contribution in [1.29, 1.82) is 0 Å². The fourth-order valence-electron chi connectivity index (χ4n) is 2.37. The van der Waals surface area contributed by atoms with Gasteiger partial charge in [0, 0.05) is 0 Å². The topological polar surface area (TPSA) is 51.8 Å². The van der Waals surface area contributed by atoms with Crippen LogP contribution in [0.3, 0.4) is 0 Å². The maximum Gasteiger partial charge on any atom is 0.363 e. The minimum atomic E-state index is -0.473. The molecular weight excluding hydrogens is 278 g/mol. The van der Waals surface area contributed by atoms with Gasteiger partial charge in [-0.25, -0.2) is 9.79 Å². The van der Waals surface area contributed by atoms with Gasteiger partial charge in [-0.05, 0) is 40.6 Å². The summed E-state index contributed by atoms with van der Waals surface area (Å²) in [5.74, 6) is 0.164. The van der Waals surface area contributed by atoms with Crippen LogP contribution in [0.4, 0.5) is 0 Å². The van der Waals surface area contributed by atoms with E-state index in [9.17, 15) is 4.79 Å². The van der Waals surface area contributed by atoms with E-state index >= 15 is 0 Å². The summed E-state index contributed by atoms with van der Waals surface area (Å²) < 4.78 is 10.3. The molecule has 106 valence electrons. The van der Waals surface area contributed by atoms with Gasteiger partial charge in [0.1, 0.15) is 0 Å². The molecular formula is C18H11NO3. The highest BCUT2D eigenvalue weighted by Gasteiger charge is 2.25.